The summed E-state index contributed by atoms with van der Waals surface area (Å²) < 4.78 is 0. The lowest BCUT2D eigenvalue weighted by Gasteiger charge is -2.34. The molecule has 0 saturated carbocycles. The number of halogens is 1. The number of hydrogen-bond donors (Lipinski definition) is 2. The zero-order chi connectivity index (χ0) is 15.5. The lowest BCUT2D eigenvalue weighted by Crippen LogP contribution is -2.51. The van der Waals surface area contributed by atoms with E-state index in [1.54, 1.807) is 0 Å². The maximum absolute atomic E-state index is 12.4. The molecule has 1 atom stereocenters. The second kappa shape index (κ2) is 6.48. The van der Waals surface area contributed by atoms with Crippen LogP contribution in [0.1, 0.15) is 45.1 Å². The molecule has 5 heteroatoms. The van der Waals surface area contributed by atoms with Crippen LogP contribution in [-0.2, 0) is 15.1 Å². The quantitative estimate of drug-likeness (QED) is 0.878. The van der Waals surface area contributed by atoms with Gasteiger partial charge in [-0.15, -0.1) is 0 Å². The highest BCUT2D eigenvalue weighted by molar-refractivity contribution is 6.30. The Morgan fingerprint density at radius 3 is 2.43 bits per heavy atom. The van der Waals surface area contributed by atoms with E-state index in [4.69, 9.17) is 11.6 Å². The van der Waals surface area contributed by atoms with Crippen molar-refractivity contribution in [2.75, 3.05) is 0 Å². The molecule has 0 radical (unpaired) electrons. The van der Waals surface area contributed by atoms with Crippen LogP contribution in [-0.4, -0.2) is 17.9 Å². The summed E-state index contributed by atoms with van der Waals surface area (Å²) in [5.41, 5.74) is 0.615. The minimum absolute atomic E-state index is 0.0553. The van der Waals surface area contributed by atoms with Gasteiger partial charge in [0.05, 0.1) is 5.54 Å². The van der Waals surface area contributed by atoms with Crippen LogP contribution in [0.15, 0.2) is 24.3 Å². The molecule has 1 aliphatic rings. The molecule has 2 rings (SSSR count). The van der Waals surface area contributed by atoms with E-state index in [-0.39, 0.29) is 11.8 Å². The highest BCUT2D eigenvalue weighted by Crippen LogP contribution is 2.30. The topological polar surface area (TPSA) is 58.2 Å². The summed E-state index contributed by atoms with van der Waals surface area (Å²) in [6, 6.07) is 7.15. The summed E-state index contributed by atoms with van der Waals surface area (Å²) >= 11 is 5.94. The first-order valence-electron chi connectivity index (χ1n) is 7.38. The van der Waals surface area contributed by atoms with Crippen molar-refractivity contribution >= 4 is 23.4 Å². The van der Waals surface area contributed by atoms with E-state index in [9.17, 15) is 9.59 Å². The average Bonchev–Trinajstić information content (AvgIpc) is 2.92. The van der Waals surface area contributed by atoms with Crippen molar-refractivity contribution in [1.29, 1.82) is 0 Å². The van der Waals surface area contributed by atoms with E-state index in [1.165, 1.54) is 0 Å². The van der Waals surface area contributed by atoms with Gasteiger partial charge in [0, 0.05) is 11.4 Å². The number of amides is 2. The van der Waals surface area contributed by atoms with Crippen molar-refractivity contribution in [1.82, 2.24) is 10.6 Å². The Balaban J connectivity index is 2.19. The van der Waals surface area contributed by atoms with Crippen LogP contribution in [0.4, 0.5) is 0 Å². The Labute approximate surface area is 130 Å². The zero-order valence-corrected chi connectivity index (χ0v) is 13.2. The van der Waals surface area contributed by atoms with Gasteiger partial charge >= 0.3 is 0 Å². The monoisotopic (exact) mass is 308 g/mol. The normalized spacial score (nSPS) is 18.4. The average molecular weight is 309 g/mol. The highest BCUT2D eigenvalue weighted by Gasteiger charge is 2.35. The summed E-state index contributed by atoms with van der Waals surface area (Å²) in [5, 5.41) is 6.52. The molecule has 2 amide bonds. The molecule has 114 valence electrons. The second-order valence-corrected chi connectivity index (χ2v) is 5.88. The molecule has 1 heterocycles. The molecule has 4 nitrogen and oxygen atoms in total. The van der Waals surface area contributed by atoms with Crippen molar-refractivity contribution in [2.45, 2.75) is 51.1 Å². The largest absolute Gasteiger partial charge is 0.345 e. The molecular weight excluding hydrogens is 288 g/mol. The molecule has 0 bridgehead atoms. The maximum Gasteiger partial charge on any atom is 0.243 e. The third-order valence-electron chi connectivity index (χ3n) is 4.28. The molecule has 1 unspecified atom stereocenters. The van der Waals surface area contributed by atoms with Crippen molar-refractivity contribution in [3.63, 3.8) is 0 Å². The third kappa shape index (κ3) is 3.38. The Morgan fingerprint density at radius 1 is 1.33 bits per heavy atom. The van der Waals surface area contributed by atoms with Crippen molar-refractivity contribution < 1.29 is 9.59 Å². The fourth-order valence-corrected chi connectivity index (χ4v) is 2.94. The molecule has 2 N–H and O–H groups in total. The summed E-state index contributed by atoms with van der Waals surface area (Å²) in [7, 11) is 0. The molecule has 0 aliphatic carbocycles. The second-order valence-electron chi connectivity index (χ2n) is 5.44. The Kier molecular flexibility index (Phi) is 4.88. The van der Waals surface area contributed by atoms with Crippen LogP contribution >= 0.6 is 11.6 Å². The molecule has 0 aromatic heterocycles. The molecule has 21 heavy (non-hydrogen) atoms. The van der Waals surface area contributed by atoms with Gasteiger partial charge < -0.3 is 10.6 Å². The third-order valence-corrected chi connectivity index (χ3v) is 4.53. The molecule has 0 spiro atoms. The Hall–Kier alpha value is -1.55. The number of carbonyl (C=O) groups is 2. The molecular formula is C16H21ClN2O2. The van der Waals surface area contributed by atoms with E-state index in [2.05, 4.69) is 10.6 Å². The molecule has 1 aliphatic heterocycles. The number of nitrogens with one attached hydrogen (secondary N) is 2. The summed E-state index contributed by atoms with van der Waals surface area (Å²) in [5.74, 6) is -0.167. The first-order valence-corrected chi connectivity index (χ1v) is 7.76. The predicted octanol–water partition coefficient (Wildman–Crippen LogP) is 2.75. The van der Waals surface area contributed by atoms with Gasteiger partial charge in [-0.1, -0.05) is 37.6 Å². The van der Waals surface area contributed by atoms with Gasteiger partial charge in [-0.3, -0.25) is 9.59 Å². The smallest absolute Gasteiger partial charge is 0.243 e. The number of rotatable bonds is 5. The van der Waals surface area contributed by atoms with Crippen molar-refractivity contribution in [2.24, 2.45) is 0 Å². The summed E-state index contributed by atoms with van der Waals surface area (Å²) in [4.78, 5) is 23.7. The van der Waals surface area contributed by atoms with E-state index in [0.29, 0.717) is 17.9 Å². The van der Waals surface area contributed by atoms with E-state index in [1.807, 2.05) is 38.1 Å². The van der Waals surface area contributed by atoms with E-state index >= 15 is 0 Å². The molecule has 1 saturated heterocycles. The first-order chi connectivity index (χ1) is 10.0. The van der Waals surface area contributed by atoms with Gasteiger partial charge in [0.15, 0.2) is 0 Å². The van der Waals surface area contributed by atoms with Gasteiger partial charge in [0.2, 0.25) is 11.8 Å². The minimum Gasteiger partial charge on any atom is -0.345 e. The summed E-state index contributed by atoms with van der Waals surface area (Å²) in [6.45, 7) is 4.09. The van der Waals surface area contributed by atoms with Gasteiger partial charge in [0.25, 0.3) is 0 Å². The van der Waals surface area contributed by atoms with Crippen LogP contribution in [0, 0.1) is 0 Å². The predicted molar refractivity (Wildman–Crippen MR) is 83.0 cm³/mol. The summed E-state index contributed by atoms with van der Waals surface area (Å²) in [6.07, 6.45) is 2.54. The Bertz CT molecular complexity index is 524. The van der Waals surface area contributed by atoms with Gasteiger partial charge in [-0.05, 0) is 37.0 Å². The van der Waals surface area contributed by atoms with E-state index < -0.39 is 11.6 Å². The van der Waals surface area contributed by atoms with Crippen LogP contribution in [0.3, 0.4) is 0 Å². The number of hydrogen-bond acceptors (Lipinski definition) is 2. The zero-order valence-electron chi connectivity index (χ0n) is 12.4. The number of benzene rings is 1. The van der Waals surface area contributed by atoms with Crippen LogP contribution in [0.25, 0.3) is 0 Å². The Morgan fingerprint density at radius 2 is 1.95 bits per heavy atom. The fourth-order valence-electron chi connectivity index (χ4n) is 2.81. The minimum atomic E-state index is -0.422. The highest BCUT2D eigenvalue weighted by atomic mass is 35.5. The van der Waals surface area contributed by atoms with E-state index in [0.717, 1.165) is 18.4 Å². The number of carbonyl (C=O) groups excluding carboxylic acids is 2. The first kappa shape index (κ1) is 15.8. The maximum atomic E-state index is 12.4. The van der Waals surface area contributed by atoms with Gasteiger partial charge in [-0.2, -0.15) is 0 Å². The molecule has 1 fully saturated rings. The lowest BCUT2D eigenvalue weighted by molar-refractivity contribution is -0.127. The SMILES string of the molecule is CCC(CC)(NC(=O)C1CCC(=O)N1)c1ccc(Cl)cc1. The molecule has 1 aromatic rings. The van der Waals surface area contributed by atoms with Gasteiger partial charge in [0.1, 0.15) is 6.04 Å². The van der Waals surface area contributed by atoms with Crippen LogP contribution in [0.2, 0.25) is 5.02 Å². The van der Waals surface area contributed by atoms with Crippen molar-refractivity contribution in [3.05, 3.63) is 34.9 Å². The van der Waals surface area contributed by atoms with Crippen LogP contribution in [0.5, 0.6) is 0 Å². The lowest BCUT2D eigenvalue weighted by atomic mass is 9.84. The van der Waals surface area contributed by atoms with Crippen molar-refractivity contribution in [3.8, 4) is 0 Å². The van der Waals surface area contributed by atoms with Crippen LogP contribution < -0.4 is 10.6 Å². The van der Waals surface area contributed by atoms with Gasteiger partial charge in [-0.25, -0.2) is 0 Å². The molecule has 1 aromatic carbocycles. The fraction of sp³-hybridized carbons (Fsp3) is 0.500. The standard InChI is InChI=1S/C16H21ClN2O2/c1-3-16(4-2,11-5-7-12(17)8-6-11)19-15(21)13-9-10-14(20)18-13/h5-8,13H,3-4,9-10H2,1-2H3,(H,18,20)(H,19,21).